The van der Waals surface area contributed by atoms with E-state index in [1.165, 1.54) is 0 Å². The average Bonchev–Trinajstić information content (AvgIpc) is 2.89. The molecular weight excluding hydrogens is 491 g/mol. The van der Waals surface area contributed by atoms with Crippen LogP contribution in [0.4, 0.5) is 24.7 Å². The van der Waals surface area contributed by atoms with Crippen molar-refractivity contribution in [3.8, 4) is 5.69 Å². The Morgan fingerprint density at radius 2 is 2.00 bits per heavy atom. The van der Waals surface area contributed by atoms with Gasteiger partial charge in [-0.25, -0.2) is 4.68 Å². The van der Waals surface area contributed by atoms with Gasteiger partial charge in [-0.1, -0.05) is 34.8 Å². The van der Waals surface area contributed by atoms with Crippen molar-refractivity contribution in [2.45, 2.75) is 11.0 Å². The van der Waals surface area contributed by atoms with Crippen LogP contribution in [0.25, 0.3) is 5.69 Å². The van der Waals surface area contributed by atoms with Gasteiger partial charge in [-0.3, -0.25) is 14.9 Å². The van der Waals surface area contributed by atoms with Crippen LogP contribution < -0.4 is 5.32 Å². The molecule has 0 aliphatic carbocycles. The van der Waals surface area contributed by atoms with E-state index in [1.807, 2.05) is 0 Å². The fourth-order valence-electron chi connectivity index (χ4n) is 1.86. The van der Waals surface area contributed by atoms with Crippen LogP contribution in [0.5, 0.6) is 0 Å². The molecule has 1 aromatic carbocycles. The molecule has 1 N–H and O–H groups in total. The number of carbonyl (C=O) groups is 1. The van der Waals surface area contributed by atoms with Crippen molar-refractivity contribution in [1.29, 1.82) is 0 Å². The third kappa shape index (κ3) is 4.22. The van der Waals surface area contributed by atoms with Crippen molar-refractivity contribution < 1.29 is 22.9 Å². The molecule has 0 fully saturated rings. The molecule has 1 aromatic heterocycles. The number of rotatable bonds is 4. The van der Waals surface area contributed by atoms with Gasteiger partial charge >= 0.3 is 11.9 Å². The van der Waals surface area contributed by atoms with Crippen molar-refractivity contribution >= 4 is 68.1 Å². The second-order valence-corrected chi connectivity index (χ2v) is 6.98. The topological polar surface area (TPSA) is 90.1 Å². The second-order valence-electron chi connectivity index (χ2n) is 4.62. The molecule has 0 unspecified atom stereocenters. The number of hydrogen-bond donors (Lipinski definition) is 1. The van der Waals surface area contributed by atoms with Gasteiger partial charge in [0, 0.05) is 4.47 Å². The summed E-state index contributed by atoms with van der Waals surface area (Å²) in [5.74, 6) is -1.48. The van der Waals surface area contributed by atoms with Crippen LogP contribution in [-0.4, -0.2) is 25.4 Å². The molecule has 0 spiro atoms. The molecule has 0 saturated carbocycles. The van der Waals surface area contributed by atoms with E-state index in [0.29, 0.717) is 12.1 Å². The molecule has 0 atom stereocenters. The minimum absolute atomic E-state index is 0.163. The van der Waals surface area contributed by atoms with E-state index in [9.17, 15) is 28.1 Å². The Labute approximate surface area is 166 Å². The van der Waals surface area contributed by atoms with Crippen molar-refractivity contribution in [1.82, 2.24) is 9.78 Å². The third-order valence-corrected chi connectivity index (χ3v) is 4.23. The van der Waals surface area contributed by atoms with Crippen LogP contribution in [0.1, 0.15) is 5.56 Å². The highest BCUT2D eigenvalue weighted by atomic mass is 79.9. The van der Waals surface area contributed by atoms with E-state index in [4.69, 9.17) is 34.8 Å². The molecule has 14 heteroatoms. The normalized spacial score (nSPS) is 11.7. The lowest BCUT2D eigenvalue weighted by Gasteiger charge is -2.14. The number of carbonyl (C=O) groups excluding carboxylic acids is 1. The number of nitrogens with zero attached hydrogens (tertiary/aromatic N) is 3. The van der Waals surface area contributed by atoms with E-state index < -0.39 is 43.9 Å². The molecule has 1 amide bonds. The Balaban J connectivity index is 2.66. The minimum atomic E-state index is -4.66. The maximum atomic E-state index is 12.9. The van der Waals surface area contributed by atoms with Gasteiger partial charge in [-0.05, 0) is 28.1 Å². The molecule has 0 aliphatic rings. The second kappa shape index (κ2) is 7.59. The number of hydrogen-bond acceptors (Lipinski definition) is 4. The number of benzene rings is 1. The predicted octanol–water partition coefficient (Wildman–Crippen LogP) is 4.96. The SMILES string of the molecule is O=C(Nc1c([N+](=O)[O-])cnn1-c1c(Cl)cc(C(F)(F)F)cc1Br)C(Cl)Cl. The molecule has 2 aromatic rings. The summed E-state index contributed by atoms with van der Waals surface area (Å²) in [6.45, 7) is 0. The van der Waals surface area contributed by atoms with E-state index in [0.717, 1.165) is 10.9 Å². The lowest BCUT2D eigenvalue weighted by Crippen LogP contribution is -2.21. The Hall–Kier alpha value is -1.56. The first-order valence-corrected chi connectivity index (χ1v) is 8.36. The zero-order chi connectivity index (χ0) is 19.8. The summed E-state index contributed by atoms with van der Waals surface area (Å²) in [5, 5.41) is 16.5. The minimum Gasteiger partial charge on any atom is -0.302 e. The molecule has 1 heterocycles. The third-order valence-electron chi connectivity index (χ3n) is 2.94. The van der Waals surface area contributed by atoms with E-state index >= 15 is 0 Å². The highest BCUT2D eigenvalue weighted by Gasteiger charge is 2.33. The zero-order valence-corrected chi connectivity index (χ0v) is 15.9. The summed E-state index contributed by atoms with van der Waals surface area (Å²) in [6, 6.07) is 1.33. The van der Waals surface area contributed by atoms with Crippen molar-refractivity contribution in [3.05, 3.63) is 43.5 Å². The molecule has 140 valence electrons. The van der Waals surface area contributed by atoms with E-state index in [-0.39, 0.29) is 10.2 Å². The van der Waals surface area contributed by atoms with Gasteiger partial charge in [0.1, 0.15) is 11.9 Å². The number of anilines is 1. The van der Waals surface area contributed by atoms with E-state index in [2.05, 4.69) is 26.3 Å². The van der Waals surface area contributed by atoms with Gasteiger partial charge in [0.05, 0.1) is 15.5 Å². The Kier molecular flexibility index (Phi) is 6.06. The summed E-state index contributed by atoms with van der Waals surface area (Å²) in [5.41, 5.74) is -1.86. The Bertz CT molecular complexity index is 865. The van der Waals surface area contributed by atoms with Crippen molar-refractivity contribution in [2.24, 2.45) is 0 Å². The summed E-state index contributed by atoms with van der Waals surface area (Å²) < 4.78 is 39.2. The summed E-state index contributed by atoms with van der Waals surface area (Å²) in [7, 11) is 0. The standard InChI is InChI=1S/C12H5BrCl3F3N4O3/c13-5-1-4(12(17,18)19)2-6(14)8(5)22-10(21-11(24)9(15)16)7(3-20-22)23(25)26/h1-3,9H,(H,21,24). The predicted molar refractivity (Wildman–Crippen MR) is 92.1 cm³/mol. The number of nitrogens with one attached hydrogen (secondary N) is 1. The molecule has 26 heavy (non-hydrogen) atoms. The number of amides is 1. The fraction of sp³-hybridized carbons (Fsp3) is 0.167. The van der Waals surface area contributed by atoms with Crippen molar-refractivity contribution in [3.63, 3.8) is 0 Å². The lowest BCUT2D eigenvalue weighted by atomic mass is 10.2. The largest absolute Gasteiger partial charge is 0.416 e. The summed E-state index contributed by atoms with van der Waals surface area (Å²) in [6.07, 6.45) is -3.88. The van der Waals surface area contributed by atoms with Crippen LogP contribution in [0.3, 0.4) is 0 Å². The molecule has 0 bridgehead atoms. The molecule has 0 saturated heterocycles. The van der Waals surface area contributed by atoms with Crippen LogP contribution in [-0.2, 0) is 11.0 Å². The molecule has 2 rings (SSSR count). The quantitative estimate of drug-likeness (QED) is 0.368. The highest BCUT2D eigenvalue weighted by molar-refractivity contribution is 9.10. The van der Waals surface area contributed by atoms with Gasteiger partial charge in [0.25, 0.3) is 5.91 Å². The van der Waals surface area contributed by atoms with Crippen LogP contribution in [0.2, 0.25) is 5.02 Å². The van der Waals surface area contributed by atoms with Gasteiger partial charge in [0.15, 0.2) is 4.84 Å². The van der Waals surface area contributed by atoms with Gasteiger partial charge in [-0.15, -0.1) is 0 Å². The maximum absolute atomic E-state index is 12.9. The average molecular weight is 496 g/mol. The van der Waals surface area contributed by atoms with Gasteiger partial charge in [-0.2, -0.15) is 18.3 Å². The molecule has 0 radical (unpaired) electrons. The monoisotopic (exact) mass is 494 g/mol. The Morgan fingerprint density at radius 3 is 2.46 bits per heavy atom. The summed E-state index contributed by atoms with van der Waals surface area (Å²) >= 11 is 19.6. The Morgan fingerprint density at radius 1 is 1.38 bits per heavy atom. The summed E-state index contributed by atoms with van der Waals surface area (Å²) in [4.78, 5) is 20.4. The van der Waals surface area contributed by atoms with Crippen molar-refractivity contribution in [2.75, 3.05) is 5.32 Å². The fourth-order valence-corrected chi connectivity index (χ4v) is 3.01. The van der Waals surface area contributed by atoms with Crippen LogP contribution >= 0.6 is 50.7 Å². The first kappa shape index (κ1) is 20.7. The number of halogens is 7. The van der Waals surface area contributed by atoms with Gasteiger partial charge < -0.3 is 5.32 Å². The number of nitro groups is 1. The zero-order valence-electron chi connectivity index (χ0n) is 12.0. The first-order chi connectivity index (χ1) is 11.9. The van der Waals surface area contributed by atoms with Crippen LogP contribution in [0.15, 0.2) is 22.8 Å². The molecule has 0 aliphatic heterocycles. The lowest BCUT2D eigenvalue weighted by molar-refractivity contribution is -0.384. The number of alkyl halides is 5. The van der Waals surface area contributed by atoms with E-state index in [1.54, 1.807) is 0 Å². The first-order valence-electron chi connectivity index (χ1n) is 6.31. The maximum Gasteiger partial charge on any atom is 0.416 e. The smallest absolute Gasteiger partial charge is 0.302 e. The molecule has 7 nitrogen and oxygen atoms in total. The van der Waals surface area contributed by atoms with Crippen LogP contribution in [0, 0.1) is 10.1 Å². The highest BCUT2D eigenvalue weighted by Crippen LogP contribution is 2.39. The number of aromatic nitrogens is 2. The van der Waals surface area contributed by atoms with Gasteiger partial charge in [0.2, 0.25) is 5.82 Å². The molecular formula is C12H5BrCl3F3N4O3.